The van der Waals surface area contributed by atoms with E-state index in [9.17, 15) is 67.9 Å². The summed E-state index contributed by atoms with van der Waals surface area (Å²) in [5.41, 5.74) is 1.01. The van der Waals surface area contributed by atoms with Gasteiger partial charge in [-0.1, -0.05) is 12.1 Å². The molecule has 0 amide bonds. The second-order valence-electron chi connectivity index (χ2n) is 8.18. The molecule has 0 radical (unpaired) electrons. The largest absolute Gasteiger partial charge is 0.673 e. The normalized spacial score (nSPS) is 11.4. The highest BCUT2D eigenvalue weighted by molar-refractivity contribution is 6.50. The number of ether oxygens (including phenoxy) is 1. The van der Waals surface area contributed by atoms with Crippen molar-refractivity contribution in [1.82, 2.24) is 0 Å². The van der Waals surface area contributed by atoms with Gasteiger partial charge < -0.3 is 39.3 Å². The molecule has 0 saturated carbocycles. The molecule has 2 aromatic heterocycles. The maximum Gasteiger partial charge on any atom is 0.673 e. The average Bonchev–Trinajstić information content (AvgIpc) is 2.90. The van der Waals surface area contributed by atoms with Crippen LogP contribution in [0.15, 0.2) is 91.5 Å². The quantitative estimate of drug-likeness (QED) is 0.0716. The Hall–Kier alpha value is -5.30. The van der Waals surface area contributed by atoms with Gasteiger partial charge in [-0.25, -0.2) is 0 Å². The summed E-state index contributed by atoms with van der Waals surface area (Å²) in [5.74, 6) is -0.344. The number of non-ortho nitro benzene ring substituents is 1. The number of hydrogen-bond acceptors (Lipinski definition) is 5. The zero-order valence-corrected chi connectivity index (χ0v) is 21.8. The van der Waals surface area contributed by atoms with Crippen molar-refractivity contribution < 1.29 is 71.4 Å². The number of hydrogen-bond donors (Lipinski definition) is 0. The van der Waals surface area contributed by atoms with Gasteiger partial charge in [-0.15, -0.1) is 13.2 Å². The monoisotopic (exact) mass is 658 g/mol. The molecule has 0 aliphatic heterocycles. The van der Waals surface area contributed by atoms with E-state index < -0.39 is 42.1 Å². The van der Waals surface area contributed by atoms with E-state index in [1.54, 1.807) is 55.1 Å². The van der Waals surface area contributed by atoms with Crippen LogP contribution in [0.1, 0.15) is 0 Å². The van der Waals surface area contributed by atoms with Crippen molar-refractivity contribution in [3.63, 3.8) is 0 Å². The van der Waals surface area contributed by atoms with Crippen LogP contribution in [0.2, 0.25) is 0 Å². The van der Waals surface area contributed by atoms with Gasteiger partial charge >= 0.3 is 26.6 Å². The zero-order chi connectivity index (χ0) is 34.2. The molecule has 22 heteroatoms. The smallest absolute Gasteiger partial charge is 0.418 e. The number of halogens is 11. The lowest BCUT2D eigenvalue weighted by Gasteiger charge is -2.09. The van der Waals surface area contributed by atoms with Crippen molar-refractivity contribution in [2.75, 3.05) is 0 Å². The van der Waals surface area contributed by atoms with Crippen LogP contribution in [0, 0.1) is 20.2 Å². The van der Waals surface area contributed by atoms with Gasteiger partial charge in [-0.2, -0.15) is 9.13 Å². The van der Waals surface area contributed by atoms with E-state index in [-0.39, 0.29) is 17.1 Å². The van der Waals surface area contributed by atoms with Crippen LogP contribution >= 0.6 is 0 Å². The molecule has 0 fully saturated rings. The van der Waals surface area contributed by atoms with Crippen LogP contribution in [-0.2, 0) is 0 Å². The van der Waals surface area contributed by atoms with E-state index in [1.165, 1.54) is 39.5 Å². The van der Waals surface area contributed by atoms with Crippen LogP contribution in [0.3, 0.4) is 0 Å². The van der Waals surface area contributed by atoms with Crippen molar-refractivity contribution >= 4 is 25.9 Å². The first kappa shape index (κ1) is 35.9. The Morgan fingerprint density at radius 2 is 1.04 bits per heavy atom. The Kier molecular flexibility index (Phi) is 11.5. The number of benzene rings is 2. The third-order valence-corrected chi connectivity index (χ3v) is 5.01. The second kappa shape index (κ2) is 14.4. The minimum atomic E-state index is -6.00. The molecule has 0 N–H and O–H groups in total. The summed E-state index contributed by atoms with van der Waals surface area (Å²) in [5, 5.41) is 22.3. The van der Waals surface area contributed by atoms with Gasteiger partial charge in [0.15, 0.2) is 24.8 Å². The molecule has 0 aliphatic carbocycles. The topological polar surface area (TPSA) is 103 Å². The summed E-state index contributed by atoms with van der Waals surface area (Å²) < 4.78 is 123. The molecule has 2 aromatic carbocycles. The van der Waals surface area contributed by atoms with Gasteiger partial charge in [0.25, 0.3) is 17.1 Å². The Bertz CT molecular complexity index is 1600. The van der Waals surface area contributed by atoms with E-state index in [0.29, 0.717) is 0 Å². The first-order valence-corrected chi connectivity index (χ1v) is 11.7. The Balaban J connectivity index is 0.000000613. The standard InChI is InChI=1S/C23H15F3N4O5.2BF4/c24-23(25,26)35-22-4-2-1-3-20(22)28-13-9-17(10-14-28)16-7-11-27(12-8-16)19-6-5-18(29(31)32)15-21(19)30(33)34;2*2-1(3,4)5/h1-15H;;/q+2;2*-1. The fourth-order valence-electron chi connectivity index (χ4n) is 3.43. The number of pyridine rings is 2. The van der Waals surface area contributed by atoms with Gasteiger partial charge in [0.1, 0.15) is 6.07 Å². The molecule has 4 rings (SSSR count). The lowest BCUT2D eigenvalue weighted by Crippen LogP contribution is -2.31. The average molecular weight is 658 g/mol. The highest BCUT2D eigenvalue weighted by Gasteiger charge is 2.33. The van der Waals surface area contributed by atoms with Gasteiger partial charge in [0.2, 0.25) is 5.75 Å². The van der Waals surface area contributed by atoms with Crippen molar-refractivity contribution in [3.8, 4) is 28.3 Å². The van der Waals surface area contributed by atoms with Gasteiger partial charge in [0.05, 0.1) is 9.85 Å². The van der Waals surface area contributed by atoms with Gasteiger partial charge in [0, 0.05) is 42.5 Å². The van der Waals surface area contributed by atoms with Crippen molar-refractivity contribution in [2.24, 2.45) is 0 Å². The van der Waals surface area contributed by atoms with Crippen LogP contribution in [0.4, 0.5) is 59.1 Å². The summed E-state index contributed by atoms with van der Waals surface area (Å²) in [4.78, 5) is 20.9. The number of para-hydroxylation sites is 2. The third-order valence-electron chi connectivity index (χ3n) is 5.01. The predicted molar refractivity (Wildman–Crippen MR) is 135 cm³/mol. The fourth-order valence-corrected chi connectivity index (χ4v) is 3.43. The van der Waals surface area contributed by atoms with E-state index in [4.69, 9.17) is 0 Å². The molecule has 0 aliphatic rings. The number of nitro benzene ring substituents is 2. The first-order chi connectivity index (χ1) is 20.6. The molecular weight excluding hydrogens is 643 g/mol. The molecule has 9 nitrogen and oxygen atoms in total. The molecule has 0 unspecified atom stereocenters. The third kappa shape index (κ3) is 12.8. The Labute approximate surface area is 244 Å². The number of nitrogens with zero attached hydrogens (tertiary/aromatic N) is 4. The molecule has 0 bridgehead atoms. The van der Waals surface area contributed by atoms with E-state index in [2.05, 4.69) is 4.74 Å². The number of alkyl halides is 3. The highest BCUT2D eigenvalue weighted by Crippen LogP contribution is 2.27. The summed E-state index contributed by atoms with van der Waals surface area (Å²) in [7, 11) is -12.0. The minimum absolute atomic E-state index is 0.152. The first-order valence-electron chi connectivity index (χ1n) is 11.7. The number of rotatable bonds is 6. The maximum atomic E-state index is 12.7. The summed E-state index contributed by atoms with van der Waals surface area (Å²) >= 11 is 0. The lowest BCUT2D eigenvalue weighted by molar-refractivity contribution is -0.600. The molecular formula is C23H15B2F11N4O5. The van der Waals surface area contributed by atoms with E-state index >= 15 is 0 Å². The van der Waals surface area contributed by atoms with Gasteiger partial charge in [-0.05, 0) is 17.2 Å². The van der Waals surface area contributed by atoms with Crippen LogP contribution < -0.4 is 13.9 Å². The van der Waals surface area contributed by atoms with Crippen LogP contribution in [0.25, 0.3) is 22.5 Å². The second-order valence-corrected chi connectivity index (χ2v) is 8.18. The molecule has 240 valence electrons. The predicted octanol–water partition coefficient (Wildman–Crippen LogP) is 7.22. The van der Waals surface area contributed by atoms with E-state index in [1.807, 2.05) is 0 Å². The Morgan fingerprint density at radius 3 is 1.44 bits per heavy atom. The SMILES string of the molecule is F[B-](F)(F)F.F[B-](F)(F)F.O=[N+]([O-])c1ccc(-[n+]2ccc(-c3cc[n+](-c4ccccc4OC(F)(F)F)cc3)cc2)c([N+](=O)[O-])c1. The van der Waals surface area contributed by atoms with Crippen LogP contribution in [0.5, 0.6) is 5.75 Å². The zero-order valence-electron chi connectivity index (χ0n) is 21.8. The number of aromatic nitrogens is 2. The van der Waals surface area contributed by atoms with Crippen molar-refractivity contribution in [1.29, 1.82) is 0 Å². The molecule has 0 spiro atoms. The fraction of sp³-hybridized carbons (Fsp3) is 0.0435. The molecule has 4 aromatic rings. The molecule has 45 heavy (non-hydrogen) atoms. The molecule has 0 atom stereocenters. The molecule has 0 saturated heterocycles. The number of nitro groups is 2. The Morgan fingerprint density at radius 1 is 0.622 bits per heavy atom. The summed E-state index contributed by atoms with van der Waals surface area (Å²) in [6.45, 7) is 0. The minimum Gasteiger partial charge on any atom is -0.418 e. The highest BCUT2D eigenvalue weighted by atomic mass is 19.5. The van der Waals surface area contributed by atoms with Crippen molar-refractivity contribution in [2.45, 2.75) is 6.36 Å². The van der Waals surface area contributed by atoms with E-state index in [0.717, 1.165) is 17.2 Å². The summed E-state index contributed by atoms with van der Waals surface area (Å²) in [6.07, 6.45) is 1.47. The summed E-state index contributed by atoms with van der Waals surface area (Å²) in [6, 6.07) is 15.9. The lowest BCUT2D eigenvalue weighted by atomic mass is 10.1. The van der Waals surface area contributed by atoms with Gasteiger partial charge in [-0.3, -0.25) is 20.2 Å². The maximum absolute atomic E-state index is 12.7. The van der Waals surface area contributed by atoms with Crippen molar-refractivity contribution in [3.05, 3.63) is 112 Å². The van der Waals surface area contributed by atoms with Crippen LogP contribution in [-0.4, -0.2) is 30.7 Å². The molecule has 2 heterocycles.